The molecule has 0 bridgehead atoms. The molecule has 0 aliphatic rings. The van der Waals surface area contributed by atoms with Crippen LogP contribution in [0.15, 0.2) is 30.6 Å². The molecule has 0 saturated carbocycles. The lowest BCUT2D eigenvalue weighted by molar-refractivity contribution is 0.532. The summed E-state index contributed by atoms with van der Waals surface area (Å²) >= 11 is 0. The van der Waals surface area contributed by atoms with Crippen molar-refractivity contribution in [2.24, 2.45) is 5.84 Å². The highest BCUT2D eigenvalue weighted by atomic mass is 19.1. The summed E-state index contributed by atoms with van der Waals surface area (Å²) in [6.45, 7) is 1.83. The number of hydrogen-bond acceptors (Lipinski definition) is 4. The number of rotatable bonds is 3. The standard InChI is InChI=1S/C12H12F2N4/c1-7-5-16-12(17-6-7)11(18-15)9-4-8(13)2-3-10(9)14/h2-6,11,18H,15H2,1H3. The molecule has 6 heteroatoms. The summed E-state index contributed by atoms with van der Waals surface area (Å²) in [5.74, 6) is 4.55. The summed E-state index contributed by atoms with van der Waals surface area (Å²) in [5, 5.41) is 0. The van der Waals surface area contributed by atoms with E-state index in [9.17, 15) is 8.78 Å². The minimum Gasteiger partial charge on any atom is -0.270 e. The van der Waals surface area contributed by atoms with Gasteiger partial charge in [0.15, 0.2) is 5.82 Å². The maximum Gasteiger partial charge on any atom is 0.151 e. The van der Waals surface area contributed by atoms with Gasteiger partial charge in [0.1, 0.15) is 17.7 Å². The van der Waals surface area contributed by atoms with Crippen LogP contribution in [0.5, 0.6) is 0 Å². The Balaban J connectivity index is 2.44. The minimum absolute atomic E-state index is 0.0707. The molecule has 2 rings (SSSR count). The van der Waals surface area contributed by atoms with E-state index in [1.54, 1.807) is 12.4 Å². The average Bonchev–Trinajstić information content (AvgIpc) is 2.37. The average molecular weight is 250 g/mol. The highest BCUT2D eigenvalue weighted by Crippen LogP contribution is 2.21. The van der Waals surface area contributed by atoms with Crippen molar-refractivity contribution in [1.82, 2.24) is 15.4 Å². The molecule has 1 atom stereocenters. The molecule has 0 fully saturated rings. The Bertz CT molecular complexity index is 542. The third-order valence-corrected chi connectivity index (χ3v) is 2.49. The second-order valence-corrected chi connectivity index (χ2v) is 3.88. The number of hydrazine groups is 1. The fraction of sp³-hybridized carbons (Fsp3) is 0.167. The van der Waals surface area contributed by atoms with Crippen LogP contribution in [-0.2, 0) is 0 Å². The van der Waals surface area contributed by atoms with Gasteiger partial charge in [0, 0.05) is 18.0 Å². The summed E-state index contributed by atoms with van der Waals surface area (Å²) in [5.41, 5.74) is 3.33. The quantitative estimate of drug-likeness (QED) is 0.641. The molecule has 4 nitrogen and oxygen atoms in total. The number of nitrogens with two attached hydrogens (primary N) is 1. The van der Waals surface area contributed by atoms with Gasteiger partial charge >= 0.3 is 0 Å². The van der Waals surface area contributed by atoms with Crippen molar-refractivity contribution in [1.29, 1.82) is 0 Å². The van der Waals surface area contributed by atoms with Crippen LogP contribution >= 0.6 is 0 Å². The van der Waals surface area contributed by atoms with Gasteiger partial charge in [0.25, 0.3) is 0 Å². The number of aromatic nitrogens is 2. The predicted molar refractivity (Wildman–Crippen MR) is 62.3 cm³/mol. The first kappa shape index (κ1) is 12.5. The summed E-state index contributed by atoms with van der Waals surface area (Å²) in [7, 11) is 0. The van der Waals surface area contributed by atoms with Crippen LogP contribution in [0.4, 0.5) is 8.78 Å². The molecule has 18 heavy (non-hydrogen) atoms. The van der Waals surface area contributed by atoms with Crippen molar-refractivity contribution in [3.8, 4) is 0 Å². The first-order valence-corrected chi connectivity index (χ1v) is 5.31. The highest BCUT2D eigenvalue weighted by Gasteiger charge is 2.19. The van der Waals surface area contributed by atoms with Crippen LogP contribution < -0.4 is 11.3 Å². The van der Waals surface area contributed by atoms with E-state index in [-0.39, 0.29) is 11.4 Å². The Morgan fingerprint density at radius 1 is 1.22 bits per heavy atom. The molecule has 94 valence electrons. The van der Waals surface area contributed by atoms with Crippen LogP contribution in [0.25, 0.3) is 0 Å². The third-order valence-electron chi connectivity index (χ3n) is 2.49. The Hall–Kier alpha value is -1.92. The minimum atomic E-state index is -0.790. The first-order valence-electron chi connectivity index (χ1n) is 5.31. The van der Waals surface area contributed by atoms with Crippen molar-refractivity contribution < 1.29 is 8.78 Å². The molecule has 0 saturated heterocycles. The van der Waals surface area contributed by atoms with E-state index in [0.29, 0.717) is 0 Å². The van der Waals surface area contributed by atoms with Crippen molar-refractivity contribution >= 4 is 0 Å². The van der Waals surface area contributed by atoms with Crippen LogP contribution in [-0.4, -0.2) is 9.97 Å². The van der Waals surface area contributed by atoms with Gasteiger partial charge in [-0.15, -0.1) is 0 Å². The predicted octanol–water partition coefficient (Wildman–Crippen LogP) is 1.62. The number of hydrogen-bond donors (Lipinski definition) is 2. The zero-order valence-electron chi connectivity index (χ0n) is 9.69. The maximum absolute atomic E-state index is 13.7. The van der Waals surface area contributed by atoms with Gasteiger partial charge < -0.3 is 0 Å². The number of nitrogens with zero attached hydrogens (tertiary/aromatic N) is 2. The first-order chi connectivity index (χ1) is 8.61. The Morgan fingerprint density at radius 2 is 1.89 bits per heavy atom. The SMILES string of the molecule is Cc1cnc(C(NN)c2cc(F)ccc2F)nc1. The summed E-state index contributed by atoms with van der Waals surface area (Å²) in [6, 6.07) is 2.37. The van der Waals surface area contributed by atoms with Gasteiger partial charge in [-0.05, 0) is 30.7 Å². The van der Waals surface area contributed by atoms with Gasteiger partial charge in [-0.25, -0.2) is 24.2 Å². The van der Waals surface area contributed by atoms with E-state index in [1.807, 2.05) is 6.92 Å². The molecular formula is C12H12F2N4. The molecular weight excluding hydrogens is 238 g/mol. The van der Waals surface area contributed by atoms with Crippen LogP contribution in [0.1, 0.15) is 23.0 Å². The van der Waals surface area contributed by atoms with Gasteiger partial charge in [-0.1, -0.05) is 0 Å². The maximum atomic E-state index is 13.7. The summed E-state index contributed by atoms with van der Waals surface area (Å²) in [4.78, 5) is 8.11. The van der Waals surface area contributed by atoms with E-state index in [1.165, 1.54) is 0 Å². The largest absolute Gasteiger partial charge is 0.270 e. The molecule has 1 heterocycles. The molecule has 1 unspecified atom stereocenters. The van der Waals surface area contributed by atoms with E-state index in [2.05, 4.69) is 15.4 Å². The monoisotopic (exact) mass is 250 g/mol. The summed E-state index contributed by atoms with van der Waals surface area (Å²) < 4.78 is 26.8. The highest BCUT2D eigenvalue weighted by molar-refractivity contribution is 5.27. The van der Waals surface area contributed by atoms with E-state index in [0.717, 1.165) is 23.8 Å². The number of benzene rings is 1. The van der Waals surface area contributed by atoms with Crippen molar-refractivity contribution in [2.75, 3.05) is 0 Å². The summed E-state index contributed by atoms with van der Waals surface area (Å²) in [6.07, 6.45) is 3.17. The lowest BCUT2D eigenvalue weighted by Gasteiger charge is -2.15. The molecule has 0 amide bonds. The van der Waals surface area contributed by atoms with Gasteiger partial charge in [-0.3, -0.25) is 5.84 Å². The fourth-order valence-electron chi connectivity index (χ4n) is 1.59. The van der Waals surface area contributed by atoms with Crippen LogP contribution in [0, 0.1) is 18.6 Å². The number of halogens is 2. The zero-order chi connectivity index (χ0) is 13.1. The van der Waals surface area contributed by atoms with E-state index >= 15 is 0 Å². The van der Waals surface area contributed by atoms with Crippen LogP contribution in [0.3, 0.4) is 0 Å². The Kier molecular flexibility index (Phi) is 3.59. The second kappa shape index (κ2) is 5.16. The second-order valence-electron chi connectivity index (χ2n) is 3.88. The normalized spacial score (nSPS) is 12.4. The third kappa shape index (κ3) is 2.49. The van der Waals surface area contributed by atoms with Gasteiger partial charge in [0.2, 0.25) is 0 Å². The van der Waals surface area contributed by atoms with Crippen molar-refractivity contribution in [3.05, 3.63) is 59.2 Å². The van der Waals surface area contributed by atoms with Crippen LogP contribution in [0.2, 0.25) is 0 Å². The Labute approximate surface area is 103 Å². The van der Waals surface area contributed by atoms with Crippen molar-refractivity contribution in [2.45, 2.75) is 13.0 Å². The lowest BCUT2D eigenvalue weighted by atomic mass is 10.1. The molecule has 1 aromatic carbocycles. The Morgan fingerprint density at radius 3 is 2.50 bits per heavy atom. The zero-order valence-corrected chi connectivity index (χ0v) is 9.69. The molecule has 2 aromatic rings. The lowest BCUT2D eigenvalue weighted by Crippen LogP contribution is -2.31. The number of nitrogens with one attached hydrogen (secondary N) is 1. The molecule has 0 spiro atoms. The fourth-order valence-corrected chi connectivity index (χ4v) is 1.59. The molecule has 0 radical (unpaired) electrons. The van der Waals surface area contributed by atoms with E-state index < -0.39 is 17.7 Å². The van der Waals surface area contributed by atoms with E-state index in [4.69, 9.17) is 5.84 Å². The molecule has 0 aliphatic carbocycles. The molecule has 0 aliphatic heterocycles. The topological polar surface area (TPSA) is 63.8 Å². The van der Waals surface area contributed by atoms with Crippen molar-refractivity contribution in [3.63, 3.8) is 0 Å². The van der Waals surface area contributed by atoms with Gasteiger partial charge in [0.05, 0.1) is 0 Å². The molecule has 1 aromatic heterocycles. The van der Waals surface area contributed by atoms with Gasteiger partial charge in [-0.2, -0.15) is 0 Å². The smallest absolute Gasteiger partial charge is 0.151 e. The number of aryl methyl sites for hydroxylation is 1. The molecule has 3 N–H and O–H groups in total.